The molecule has 5 nitrogen and oxygen atoms in total. The molecule has 34 heavy (non-hydrogen) atoms. The van der Waals surface area contributed by atoms with Gasteiger partial charge < -0.3 is 10.2 Å². The molecule has 1 N–H and O–H groups in total. The molecule has 1 aromatic heterocycles. The van der Waals surface area contributed by atoms with Crippen LogP contribution < -0.4 is 10.2 Å². The van der Waals surface area contributed by atoms with Crippen molar-refractivity contribution in [3.8, 4) is 10.6 Å². The van der Waals surface area contributed by atoms with Gasteiger partial charge >= 0.3 is 0 Å². The molecule has 0 bridgehead atoms. The van der Waals surface area contributed by atoms with Gasteiger partial charge in [0.15, 0.2) is 0 Å². The third-order valence-corrected chi connectivity index (χ3v) is 6.99. The van der Waals surface area contributed by atoms with E-state index in [0.717, 1.165) is 54.7 Å². The van der Waals surface area contributed by atoms with Crippen molar-refractivity contribution in [1.29, 1.82) is 0 Å². The Kier molecular flexibility index (Phi) is 6.98. The number of hydrogen-bond donors (Lipinski definition) is 1. The predicted molar refractivity (Wildman–Crippen MR) is 140 cm³/mol. The number of aromatic nitrogens is 1. The summed E-state index contributed by atoms with van der Waals surface area (Å²) in [6, 6.07) is 28.9. The molecule has 4 aromatic rings. The minimum Gasteiger partial charge on any atom is -0.369 e. The van der Waals surface area contributed by atoms with Crippen LogP contribution in [-0.2, 0) is 17.8 Å². The zero-order chi connectivity index (χ0) is 23.2. The largest absolute Gasteiger partial charge is 0.369 e. The Labute approximate surface area is 204 Å². The van der Waals surface area contributed by atoms with Crippen LogP contribution in [0, 0.1) is 0 Å². The van der Waals surface area contributed by atoms with Crippen LogP contribution in [0.5, 0.6) is 0 Å². The van der Waals surface area contributed by atoms with Gasteiger partial charge in [-0.3, -0.25) is 9.69 Å². The normalized spacial score (nSPS) is 14.2. The average molecular weight is 469 g/mol. The second-order valence-electron chi connectivity index (χ2n) is 8.53. The zero-order valence-electron chi connectivity index (χ0n) is 19.1. The molecule has 0 atom stereocenters. The lowest BCUT2D eigenvalue weighted by molar-refractivity contribution is -0.115. The second kappa shape index (κ2) is 10.6. The van der Waals surface area contributed by atoms with Gasteiger partial charge in [-0.1, -0.05) is 60.7 Å². The first-order valence-electron chi connectivity index (χ1n) is 11.6. The summed E-state index contributed by atoms with van der Waals surface area (Å²) in [7, 11) is 0. The maximum absolute atomic E-state index is 12.5. The fourth-order valence-electron chi connectivity index (χ4n) is 4.23. The Bertz CT molecular complexity index is 1200. The molecule has 1 aliphatic rings. The van der Waals surface area contributed by atoms with Gasteiger partial charge in [-0.15, -0.1) is 11.3 Å². The molecule has 1 saturated heterocycles. The fraction of sp³-hybridized carbons (Fsp3) is 0.214. The maximum atomic E-state index is 12.5. The zero-order valence-corrected chi connectivity index (χ0v) is 19.9. The summed E-state index contributed by atoms with van der Waals surface area (Å²) in [4.78, 5) is 22.1. The Morgan fingerprint density at radius 2 is 1.53 bits per heavy atom. The van der Waals surface area contributed by atoms with E-state index in [4.69, 9.17) is 0 Å². The molecule has 0 radical (unpaired) electrons. The van der Waals surface area contributed by atoms with E-state index in [1.54, 1.807) is 11.3 Å². The van der Waals surface area contributed by atoms with Crippen LogP contribution in [-0.4, -0.2) is 42.0 Å². The van der Waals surface area contributed by atoms with E-state index in [2.05, 4.69) is 62.6 Å². The molecule has 0 aliphatic carbocycles. The van der Waals surface area contributed by atoms with Crippen molar-refractivity contribution >= 4 is 28.6 Å². The van der Waals surface area contributed by atoms with Crippen LogP contribution >= 0.6 is 11.3 Å². The highest BCUT2D eigenvalue weighted by atomic mass is 32.1. The number of rotatable bonds is 7. The van der Waals surface area contributed by atoms with E-state index in [1.807, 2.05) is 47.8 Å². The molecular formula is C28H28N4OS. The van der Waals surface area contributed by atoms with Crippen molar-refractivity contribution in [2.24, 2.45) is 0 Å². The van der Waals surface area contributed by atoms with Crippen molar-refractivity contribution in [3.05, 3.63) is 102 Å². The smallest absolute Gasteiger partial charge is 0.230 e. The van der Waals surface area contributed by atoms with E-state index in [9.17, 15) is 4.79 Å². The average Bonchev–Trinajstić information content (AvgIpc) is 3.34. The van der Waals surface area contributed by atoms with Crippen molar-refractivity contribution < 1.29 is 4.79 Å². The Morgan fingerprint density at radius 1 is 0.853 bits per heavy atom. The first kappa shape index (κ1) is 22.3. The number of carbonyl (C=O) groups excluding carboxylic acids is 1. The molecule has 1 amide bonds. The number of anilines is 2. The van der Waals surface area contributed by atoms with E-state index in [0.29, 0.717) is 0 Å². The number of amides is 1. The molecule has 1 aliphatic heterocycles. The third-order valence-electron chi connectivity index (χ3n) is 6.05. The van der Waals surface area contributed by atoms with Crippen LogP contribution in [0.2, 0.25) is 0 Å². The van der Waals surface area contributed by atoms with E-state index in [1.165, 1.54) is 11.3 Å². The Morgan fingerprint density at radius 3 is 2.24 bits per heavy atom. The molecule has 6 heteroatoms. The second-order valence-corrected chi connectivity index (χ2v) is 9.39. The van der Waals surface area contributed by atoms with Crippen LogP contribution in [0.15, 0.2) is 90.3 Å². The van der Waals surface area contributed by atoms with Crippen LogP contribution in [0.1, 0.15) is 11.3 Å². The molecule has 2 heterocycles. The van der Waals surface area contributed by atoms with Gasteiger partial charge in [0.2, 0.25) is 5.91 Å². The van der Waals surface area contributed by atoms with Crippen molar-refractivity contribution in [1.82, 2.24) is 9.88 Å². The number of hydrogen-bond acceptors (Lipinski definition) is 5. The summed E-state index contributed by atoms with van der Waals surface area (Å²) in [6.45, 7) is 5.11. The monoisotopic (exact) mass is 468 g/mol. The first-order valence-corrected chi connectivity index (χ1v) is 12.5. The topological polar surface area (TPSA) is 48.5 Å². The summed E-state index contributed by atoms with van der Waals surface area (Å²) in [5.41, 5.74) is 5.26. The van der Waals surface area contributed by atoms with Crippen LogP contribution in [0.4, 0.5) is 11.4 Å². The maximum Gasteiger partial charge on any atom is 0.230 e. The van der Waals surface area contributed by atoms with Crippen molar-refractivity contribution in [2.75, 3.05) is 36.4 Å². The van der Waals surface area contributed by atoms with E-state index >= 15 is 0 Å². The SMILES string of the molecule is O=C(Cc1csc(-c2ccccc2)n1)Nc1ccc(N2CCN(Cc3ccccc3)CC2)cc1. The first-order chi connectivity index (χ1) is 16.7. The van der Waals surface area contributed by atoms with Gasteiger partial charge in [-0.2, -0.15) is 0 Å². The number of nitrogens with one attached hydrogen (secondary N) is 1. The number of nitrogens with zero attached hydrogens (tertiary/aromatic N) is 3. The highest BCUT2D eigenvalue weighted by molar-refractivity contribution is 7.13. The summed E-state index contributed by atoms with van der Waals surface area (Å²) < 4.78 is 0. The minimum absolute atomic E-state index is 0.0489. The van der Waals surface area contributed by atoms with Crippen LogP contribution in [0.25, 0.3) is 10.6 Å². The molecule has 3 aromatic carbocycles. The van der Waals surface area contributed by atoms with Gasteiger partial charge in [0, 0.05) is 55.0 Å². The van der Waals surface area contributed by atoms with Gasteiger partial charge in [0.05, 0.1) is 12.1 Å². The lowest BCUT2D eigenvalue weighted by atomic mass is 10.2. The highest BCUT2D eigenvalue weighted by Gasteiger charge is 2.17. The quantitative estimate of drug-likeness (QED) is 0.399. The lowest BCUT2D eigenvalue weighted by Gasteiger charge is -2.36. The lowest BCUT2D eigenvalue weighted by Crippen LogP contribution is -2.45. The van der Waals surface area contributed by atoms with Gasteiger partial charge in [-0.05, 0) is 29.8 Å². The summed E-state index contributed by atoms with van der Waals surface area (Å²) in [6.07, 6.45) is 0.272. The molecule has 0 saturated carbocycles. The van der Waals surface area contributed by atoms with Gasteiger partial charge in [0.25, 0.3) is 0 Å². The van der Waals surface area contributed by atoms with Gasteiger partial charge in [-0.25, -0.2) is 4.98 Å². The Balaban J connectivity index is 1.11. The highest BCUT2D eigenvalue weighted by Crippen LogP contribution is 2.24. The predicted octanol–water partition coefficient (Wildman–Crippen LogP) is 5.31. The molecular weight excluding hydrogens is 440 g/mol. The fourth-order valence-corrected chi connectivity index (χ4v) is 5.06. The molecule has 5 rings (SSSR count). The Hall–Kier alpha value is -3.48. The van der Waals surface area contributed by atoms with Gasteiger partial charge in [0.1, 0.15) is 5.01 Å². The number of carbonyl (C=O) groups is 1. The van der Waals surface area contributed by atoms with Crippen molar-refractivity contribution in [2.45, 2.75) is 13.0 Å². The van der Waals surface area contributed by atoms with E-state index in [-0.39, 0.29) is 12.3 Å². The summed E-state index contributed by atoms with van der Waals surface area (Å²) in [5, 5.41) is 5.90. The third kappa shape index (κ3) is 5.71. The molecule has 1 fully saturated rings. The van der Waals surface area contributed by atoms with Crippen LogP contribution in [0.3, 0.4) is 0 Å². The molecule has 0 spiro atoms. The summed E-state index contributed by atoms with van der Waals surface area (Å²) >= 11 is 1.57. The van der Waals surface area contributed by atoms with Crippen molar-refractivity contribution in [3.63, 3.8) is 0 Å². The van der Waals surface area contributed by atoms with E-state index < -0.39 is 0 Å². The number of piperazine rings is 1. The standard InChI is InChI=1S/C28H28N4OS/c33-27(19-25-21-34-28(30-25)23-9-5-2-6-10-23)29-24-11-13-26(14-12-24)32-17-15-31(16-18-32)20-22-7-3-1-4-8-22/h1-14,21H,15-20H2,(H,29,33). The minimum atomic E-state index is -0.0489. The number of thiazole rings is 1. The molecule has 172 valence electrons. The molecule has 0 unspecified atom stereocenters. The summed E-state index contributed by atoms with van der Waals surface area (Å²) in [5.74, 6) is -0.0489. The number of benzene rings is 3.